The molecule has 74 valence electrons. The fraction of sp³-hybridized carbons (Fsp3) is 0.333. The minimum Gasteiger partial charge on any atom is -0.117 e. The smallest absolute Gasteiger partial charge is 0.0274 e. The molecule has 0 bridgehead atoms. The van der Waals surface area contributed by atoms with E-state index in [9.17, 15) is 0 Å². The zero-order valence-corrected chi connectivity index (χ0v) is 10.9. The number of hydrogen-bond donors (Lipinski definition) is 0. The first-order valence-electron chi connectivity index (χ1n) is 4.94. The number of thioether (sulfide) groups is 1. The van der Waals surface area contributed by atoms with Crippen molar-refractivity contribution in [1.82, 2.24) is 0 Å². The van der Waals surface area contributed by atoms with Gasteiger partial charge in [-0.05, 0) is 54.0 Å². The van der Waals surface area contributed by atoms with Crippen LogP contribution in [0.25, 0.3) is 0 Å². The molecule has 0 fully saturated rings. The molecule has 1 aromatic carbocycles. The lowest BCUT2D eigenvalue weighted by Gasteiger charge is -2.16. The van der Waals surface area contributed by atoms with E-state index in [1.54, 1.807) is 0 Å². The predicted octanol–water partition coefficient (Wildman–Crippen LogP) is 4.49. The van der Waals surface area contributed by atoms with Gasteiger partial charge in [-0.2, -0.15) is 0 Å². The lowest BCUT2D eigenvalue weighted by Crippen LogP contribution is -2.02. The van der Waals surface area contributed by atoms with Gasteiger partial charge in [-0.3, -0.25) is 0 Å². The standard InChI is InChI=1S/C12H13IS/c13-11-8-4-5-9-12(11)14-10-6-2-1-3-7-10/h2,4-6,8-10H,1,3,7H2. The Labute approximate surface area is 103 Å². The topological polar surface area (TPSA) is 0 Å². The highest BCUT2D eigenvalue weighted by Gasteiger charge is 2.10. The zero-order chi connectivity index (χ0) is 9.80. The van der Waals surface area contributed by atoms with Gasteiger partial charge in [0.25, 0.3) is 0 Å². The summed E-state index contributed by atoms with van der Waals surface area (Å²) in [5, 5.41) is 0.694. The molecule has 0 N–H and O–H groups in total. The second-order valence-electron chi connectivity index (χ2n) is 3.45. The SMILES string of the molecule is Ic1ccccc1SC1C=CCCC1. The Kier molecular flexibility index (Phi) is 3.93. The van der Waals surface area contributed by atoms with Crippen LogP contribution >= 0.6 is 34.4 Å². The largest absolute Gasteiger partial charge is 0.117 e. The summed E-state index contributed by atoms with van der Waals surface area (Å²) in [6.07, 6.45) is 8.61. The summed E-state index contributed by atoms with van der Waals surface area (Å²) >= 11 is 4.41. The molecular weight excluding hydrogens is 303 g/mol. The molecule has 0 saturated carbocycles. The number of rotatable bonds is 2. The van der Waals surface area contributed by atoms with E-state index >= 15 is 0 Å². The van der Waals surface area contributed by atoms with Crippen molar-refractivity contribution in [2.75, 3.05) is 0 Å². The van der Waals surface area contributed by atoms with E-state index in [4.69, 9.17) is 0 Å². The summed E-state index contributed by atoms with van der Waals surface area (Å²) in [4.78, 5) is 1.42. The van der Waals surface area contributed by atoms with Crippen LogP contribution in [0.15, 0.2) is 41.3 Å². The Morgan fingerprint density at radius 3 is 2.86 bits per heavy atom. The maximum Gasteiger partial charge on any atom is 0.0274 e. The molecule has 0 spiro atoms. The molecule has 0 aliphatic heterocycles. The summed E-state index contributed by atoms with van der Waals surface area (Å²) in [7, 11) is 0. The van der Waals surface area contributed by atoms with Crippen LogP contribution in [-0.4, -0.2) is 5.25 Å². The van der Waals surface area contributed by atoms with Crippen molar-refractivity contribution in [1.29, 1.82) is 0 Å². The molecule has 14 heavy (non-hydrogen) atoms. The Balaban J connectivity index is 2.06. The minimum atomic E-state index is 0.694. The van der Waals surface area contributed by atoms with Gasteiger partial charge in [0.2, 0.25) is 0 Å². The summed E-state index contributed by atoms with van der Waals surface area (Å²) in [6, 6.07) is 8.61. The quantitative estimate of drug-likeness (QED) is 0.572. The summed E-state index contributed by atoms with van der Waals surface area (Å²) in [5.41, 5.74) is 0. The summed E-state index contributed by atoms with van der Waals surface area (Å²) in [5.74, 6) is 0. The van der Waals surface area contributed by atoms with E-state index in [2.05, 4.69) is 59.0 Å². The number of benzene rings is 1. The van der Waals surface area contributed by atoms with Gasteiger partial charge in [0.15, 0.2) is 0 Å². The zero-order valence-electron chi connectivity index (χ0n) is 7.95. The monoisotopic (exact) mass is 316 g/mol. The fourth-order valence-electron chi connectivity index (χ4n) is 1.58. The van der Waals surface area contributed by atoms with Crippen LogP contribution in [0.3, 0.4) is 0 Å². The third-order valence-corrected chi connectivity index (χ3v) is 4.94. The van der Waals surface area contributed by atoms with Gasteiger partial charge in [0.05, 0.1) is 0 Å². The molecule has 1 aliphatic rings. The third-order valence-electron chi connectivity index (χ3n) is 2.33. The molecule has 2 heteroatoms. The molecule has 1 unspecified atom stereocenters. The Morgan fingerprint density at radius 2 is 2.14 bits per heavy atom. The second-order valence-corrected chi connectivity index (χ2v) is 5.89. The molecule has 0 aromatic heterocycles. The van der Waals surface area contributed by atoms with E-state index in [1.807, 2.05) is 11.8 Å². The molecule has 1 aromatic rings. The highest BCUT2D eigenvalue weighted by atomic mass is 127. The number of hydrogen-bond acceptors (Lipinski definition) is 1. The van der Waals surface area contributed by atoms with Crippen molar-refractivity contribution in [3.05, 3.63) is 40.0 Å². The minimum absolute atomic E-state index is 0.694. The van der Waals surface area contributed by atoms with Gasteiger partial charge in [-0.25, -0.2) is 0 Å². The lowest BCUT2D eigenvalue weighted by atomic mass is 10.1. The Morgan fingerprint density at radius 1 is 1.29 bits per heavy atom. The predicted molar refractivity (Wildman–Crippen MR) is 71.8 cm³/mol. The van der Waals surface area contributed by atoms with Gasteiger partial charge in [-0.15, -0.1) is 11.8 Å². The van der Waals surface area contributed by atoms with Crippen LogP contribution in [0.1, 0.15) is 19.3 Å². The number of allylic oxidation sites excluding steroid dienone is 1. The van der Waals surface area contributed by atoms with Gasteiger partial charge in [0.1, 0.15) is 0 Å². The Bertz CT molecular complexity index is 333. The van der Waals surface area contributed by atoms with Crippen molar-refractivity contribution in [2.24, 2.45) is 0 Å². The van der Waals surface area contributed by atoms with Gasteiger partial charge >= 0.3 is 0 Å². The van der Waals surface area contributed by atoms with Crippen molar-refractivity contribution in [2.45, 2.75) is 29.4 Å². The van der Waals surface area contributed by atoms with Crippen LogP contribution in [-0.2, 0) is 0 Å². The van der Waals surface area contributed by atoms with Crippen LogP contribution < -0.4 is 0 Å². The molecule has 0 saturated heterocycles. The Hall–Kier alpha value is 0.0400. The van der Waals surface area contributed by atoms with E-state index in [-0.39, 0.29) is 0 Å². The van der Waals surface area contributed by atoms with Crippen LogP contribution in [0.2, 0.25) is 0 Å². The molecule has 0 radical (unpaired) electrons. The summed E-state index contributed by atoms with van der Waals surface area (Å²) in [6.45, 7) is 0. The van der Waals surface area contributed by atoms with Crippen molar-refractivity contribution >= 4 is 34.4 Å². The van der Waals surface area contributed by atoms with E-state index in [0.717, 1.165) is 0 Å². The molecule has 0 amide bonds. The molecule has 0 heterocycles. The molecule has 1 aliphatic carbocycles. The van der Waals surface area contributed by atoms with Crippen LogP contribution in [0.4, 0.5) is 0 Å². The van der Waals surface area contributed by atoms with Gasteiger partial charge in [0, 0.05) is 13.7 Å². The first kappa shape index (κ1) is 10.6. The maximum absolute atomic E-state index is 2.41. The lowest BCUT2D eigenvalue weighted by molar-refractivity contribution is 0.741. The van der Waals surface area contributed by atoms with Crippen molar-refractivity contribution < 1.29 is 0 Å². The molecule has 1 atom stereocenters. The average molecular weight is 316 g/mol. The van der Waals surface area contributed by atoms with Crippen LogP contribution in [0.5, 0.6) is 0 Å². The molecule has 0 nitrogen and oxygen atoms in total. The van der Waals surface area contributed by atoms with Gasteiger partial charge < -0.3 is 0 Å². The van der Waals surface area contributed by atoms with E-state index < -0.39 is 0 Å². The third kappa shape index (κ3) is 2.76. The highest BCUT2D eigenvalue weighted by Crippen LogP contribution is 2.32. The maximum atomic E-state index is 2.41. The van der Waals surface area contributed by atoms with Crippen molar-refractivity contribution in [3.8, 4) is 0 Å². The van der Waals surface area contributed by atoms with Crippen molar-refractivity contribution in [3.63, 3.8) is 0 Å². The highest BCUT2D eigenvalue weighted by molar-refractivity contribution is 14.1. The molecular formula is C12H13IS. The number of halogens is 1. The molecule has 2 rings (SSSR count). The second kappa shape index (κ2) is 5.21. The first-order valence-corrected chi connectivity index (χ1v) is 6.90. The van der Waals surface area contributed by atoms with E-state index in [0.29, 0.717) is 5.25 Å². The summed E-state index contributed by atoms with van der Waals surface area (Å²) < 4.78 is 1.37. The average Bonchev–Trinajstić information content (AvgIpc) is 2.23. The van der Waals surface area contributed by atoms with Gasteiger partial charge in [-0.1, -0.05) is 24.3 Å². The van der Waals surface area contributed by atoms with E-state index in [1.165, 1.54) is 27.7 Å². The fourth-order valence-corrected chi connectivity index (χ4v) is 3.49. The normalized spacial score (nSPS) is 21.1. The first-order chi connectivity index (χ1) is 6.86. The van der Waals surface area contributed by atoms with Crippen LogP contribution in [0, 0.1) is 3.57 Å².